The fraction of sp³-hybridized carbons (Fsp3) is 0.222. The van der Waals surface area contributed by atoms with E-state index in [-0.39, 0.29) is 18.4 Å². The number of carbonyl (C=O) groups is 2. The fourth-order valence-electron chi connectivity index (χ4n) is 2.44. The van der Waals surface area contributed by atoms with Crippen LogP contribution in [0.25, 0.3) is 0 Å². The van der Waals surface area contributed by atoms with Crippen molar-refractivity contribution in [3.8, 4) is 5.75 Å². The molecule has 0 bridgehead atoms. The van der Waals surface area contributed by atoms with Crippen LogP contribution in [0.1, 0.15) is 11.1 Å². The molecule has 0 aromatic heterocycles. The van der Waals surface area contributed by atoms with Gasteiger partial charge in [0.05, 0.1) is 13.5 Å². The van der Waals surface area contributed by atoms with Crippen molar-refractivity contribution in [1.82, 2.24) is 5.32 Å². The normalized spacial score (nSPS) is 11.6. The Hall–Kier alpha value is -2.96. The molecule has 132 valence electrons. The molecule has 0 heterocycles. The van der Waals surface area contributed by atoms with Crippen LogP contribution in [-0.2, 0) is 22.4 Å². The van der Waals surface area contributed by atoms with Crippen LogP contribution in [-0.4, -0.2) is 30.1 Å². The first-order valence-electron chi connectivity index (χ1n) is 7.48. The molecule has 0 spiro atoms. The molecule has 1 amide bonds. The second-order valence-corrected chi connectivity index (χ2v) is 5.43. The number of hydrogen-bond acceptors (Lipinski definition) is 3. The summed E-state index contributed by atoms with van der Waals surface area (Å²) in [6.07, 6.45) is -0.313. The Bertz CT molecular complexity index is 759. The maximum atomic E-state index is 13.2. The van der Waals surface area contributed by atoms with Crippen LogP contribution in [0.15, 0.2) is 42.5 Å². The van der Waals surface area contributed by atoms with Gasteiger partial charge in [0.2, 0.25) is 5.91 Å². The van der Waals surface area contributed by atoms with E-state index in [1.54, 1.807) is 24.3 Å². The summed E-state index contributed by atoms with van der Waals surface area (Å²) < 4.78 is 31.5. The number of hydrogen-bond donors (Lipinski definition) is 2. The topological polar surface area (TPSA) is 75.6 Å². The lowest BCUT2D eigenvalue weighted by molar-refractivity contribution is -0.141. The average molecular weight is 349 g/mol. The molecular formula is C18H17F2NO4. The Morgan fingerprint density at radius 1 is 1.16 bits per heavy atom. The number of benzene rings is 2. The lowest BCUT2D eigenvalue weighted by Crippen LogP contribution is -2.43. The van der Waals surface area contributed by atoms with Crippen LogP contribution in [0.4, 0.5) is 8.78 Å². The molecule has 0 aliphatic rings. The summed E-state index contributed by atoms with van der Waals surface area (Å²) in [5.41, 5.74) is 0.742. The van der Waals surface area contributed by atoms with E-state index in [1.165, 1.54) is 7.11 Å². The molecule has 2 aromatic carbocycles. The summed E-state index contributed by atoms with van der Waals surface area (Å²) in [5.74, 6) is -2.95. The van der Waals surface area contributed by atoms with Crippen molar-refractivity contribution in [2.75, 3.05) is 7.11 Å². The standard InChI is InChI=1S/C18H17F2NO4/c1-25-16-5-3-2-4-12(16)9-15(18(23)24)21-17(22)8-11-6-13(19)10-14(20)7-11/h2-7,10,15H,8-9H2,1H3,(H,21,22)(H,23,24)/t15-/m1/s1. The summed E-state index contributed by atoms with van der Waals surface area (Å²) in [6.45, 7) is 0. The zero-order valence-corrected chi connectivity index (χ0v) is 13.5. The zero-order valence-electron chi connectivity index (χ0n) is 13.5. The zero-order chi connectivity index (χ0) is 18.4. The van der Waals surface area contributed by atoms with Gasteiger partial charge in [-0.05, 0) is 29.3 Å². The Morgan fingerprint density at radius 3 is 2.40 bits per heavy atom. The molecule has 1 atom stereocenters. The molecule has 0 aliphatic carbocycles. The van der Waals surface area contributed by atoms with Crippen LogP contribution >= 0.6 is 0 Å². The maximum Gasteiger partial charge on any atom is 0.326 e. The van der Waals surface area contributed by atoms with E-state index >= 15 is 0 Å². The molecule has 0 radical (unpaired) electrons. The van der Waals surface area contributed by atoms with E-state index in [0.29, 0.717) is 17.4 Å². The van der Waals surface area contributed by atoms with E-state index in [1.807, 2.05) is 0 Å². The third-order valence-corrected chi connectivity index (χ3v) is 3.54. The monoisotopic (exact) mass is 349 g/mol. The Balaban J connectivity index is 2.08. The molecule has 0 saturated heterocycles. The molecule has 7 heteroatoms. The molecular weight excluding hydrogens is 332 g/mol. The van der Waals surface area contributed by atoms with Crippen molar-refractivity contribution >= 4 is 11.9 Å². The van der Waals surface area contributed by atoms with E-state index in [2.05, 4.69) is 5.32 Å². The summed E-state index contributed by atoms with van der Waals surface area (Å²) in [5, 5.41) is 11.7. The second-order valence-electron chi connectivity index (χ2n) is 5.43. The van der Waals surface area contributed by atoms with Gasteiger partial charge in [-0.2, -0.15) is 0 Å². The largest absolute Gasteiger partial charge is 0.496 e. The summed E-state index contributed by atoms with van der Waals surface area (Å²) in [7, 11) is 1.46. The van der Waals surface area contributed by atoms with E-state index < -0.39 is 29.6 Å². The third-order valence-electron chi connectivity index (χ3n) is 3.54. The minimum Gasteiger partial charge on any atom is -0.496 e. The van der Waals surface area contributed by atoms with Gasteiger partial charge in [0.25, 0.3) is 0 Å². The third kappa shape index (κ3) is 5.27. The van der Waals surface area contributed by atoms with Gasteiger partial charge in [0.1, 0.15) is 23.4 Å². The molecule has 2 N–H and O–H groups in total. The number of halogens is 2. The van der Waals surface area contributed by atoms with Gasteiger partial charge in [0, 0.05) is 12.5 Å². The predicted octanol–water partition coefficient (Wildman–Crippen LogP) is 2.33. The fourth-order valence-corrected chi connectivity index (χ4v) is 2.44. The van der Waals surface area contributed by atoms with Crippen LogP contribution < -0.4 is 10.1 Å². The molecule has 2 rings (SSSR count). The van der Waals surface area contributed by atoms with Crippen molar-refractivity contribution in [2.24, 2.45) is 0 Å². The second kappa shape index (κ2) is 8.23. The number of carboxylic acid groups (broad SMARTS) is 1. The molecule has 2 aromatic rings. The Morgan fingerprint density at radius 2 is 1.80 bits per heavy atom. The highest BCUT2D eigenvalue weighted by atomic mass is 19.1. The van der Waals surface area contributed by atoms with Crippen molar-refractivity contribution in [1.29, 1.82) is 0 Å². The van der Waals surface area contributed by atoms with Crippen molar-refractivity contribution in [3.63, 3.8) is 0 Å². The van der Waals surface area contributed by atoms with Gasteiger partial charge >= 0.3 is 5.97 Å². The Labute approximate surface area is 143 Å². The molecule has 0 saturated carbocycles. The van der Waals surface area contributed by atoms with Gasteiger partial charge in [-0.25, -0.2) is 13.6 Å². The molecule has 5 nitrogen and oxygen atoms in total. The van der Waals surface area contributed by atoms with Gasteiger partial charge in [-0.15, -0.1) is 0 Å². The number of nitrogens with one attached hydrogen (secondary N) is 1. The molecule has 25 heavy (non-hydrogen) atoms. The lowest BCUT2D eigenvalue weighted by atomic mass is 10.0. The summed E-state index contributed by atoms with van der Waals surface area (Å²) in [6, 6.07) is 8.42. The van der Waals surface area contributed by atoms with Crippen molar-refractivity contribution in [3.05, 3.63) is 65.2 Å². The highest BCUT2D eigenvalue weighted by Gasteiger charge is 2.22. The number of rotatable bonds is 7. The first-order chi connectivity index (χ1) is 11.9. The maximum absolute atomic E-state index is 13.2. The first kappa shape index (κ1) is 18.4. The lowest BCUT2D eigenvalue weighted by Gasteiger charge is -2.16. The van der Waals surface area contributed by atoms with Gasteiger partial charge in [-0.1, -0.05) is 18.2 Å². The van der Waals surface area contributed by atoms with Crippen LogP contribution in [0.2, 0.25) is 0 Å². The Kier molecular flexibility index (Phi) is 6.05. The average Bonchev–Trinajstić information content (AvgIpc) is 2.53. The van der Waals surface area contributed by atoms with Crippen LogP contribution in [0.3, 0.4) is 0 Å². The van der Waals surface area contributed by atoms with Crippen LogP contribution in [0, 0.1) is 11.6 Å². The number of aliphatic carboxylic acids is 1. The summed E-state index contributed by atoms with van der Waals surface area (Å²) in [4.78, 5) is 23.5. The molecule has 0 fully saturated rings. The number of para-hydroxylation sites is 1. The van der Waals surface area contributed by atoms with Gasteiger partial charge in [-0.3, -0.25) is 4.79 Å². The van der Waals surface area contributed by atoms with E-state index in [9.17, 15) is 23.5 Å². The highest BCUT2D eigenvalue weighted by Crippen LogP contribution is 2.19. The minimum atomic E-state index is -1.22. The quantitative estimate of drug-likeness (QED) is 0.804. The number of amides is 1. The number of carbonyl (C=O) groups excluding carboxylic acids is 1. The molecule has 0 unspecified atom stereocenters. The van der Waals surface area contributed by atoms with Crippen LogP contribution in [0.5, 0.6) is 5.75 Å². The number of carboxylic acids is 1. The van der Waals surface area contributed by atoms with Crippen molar-refractivity contribution < 1.29 is 28.2 Å². The summed E-state index contributed by atoms with van der Waals surface area (Å²) >= 11 is 0. The number of ether oxygens (including phenoxy) is 1. The highest BCUT2D eigenvalue weighted by molar-refractivity contribution is 5.85. The molecule has 0 aliphatic heterocycles. The predicted molar refractivity (Wildman–Crippen MR) is 86.3 cm³/mol. The first-order valence-corrected chi connectivity index (χ1v) is 7.48. The van der Waals surface area contributed by atoms with E-state index in [4.69, 9.17) is 4.74 Å². The van der Waals surface area contributed by atoms with Gasteiger partial charge in [0.15, 0.2) is 0 Å². The van der Waals surface area contributed by atoms with E-state index in [0.717, 1.165) is 12.1 Å². The number of methoxy groups -OCH3 is 1. The minimum absolute atomic E-state index is 0.0165. The van der Waals surface area contributed by atoms with Crippen molar-refractivity contribution in [2.45, 2.75) is 18.9 Å². The SMILES string of the molecule is COc1ccccc1C[C@@H](NC(=O)Cc1cc(F)cc(F)c1)C(=O)O. The smallest absolute Gasteiger partial charge is 0.326 e. The van der Waals surface area contributed by atoms with Gasteiger partial charge < -0.3 is 15.2 Å².